The summed E-state index contributed by atoms with van der Waals surface area (Å²) in [6.45, 7) is 4.23. The number of para-hydroxylation sites is 2. The number of ether oxygens (including phenoxy) is 1. The number of nitrogens with zero attached hydrogens (tertiary/aromatic N) is 2. The Kier molecular flexibility index (Phi) is 4.80. The molecule has 0 bridgehead atoms. The molecule has 0 spiro atoms. The van der Waals surface area contributed by atoms with Crippen molar-refractivity contribution in [2.45, 2.75) is 26.4 Å². The van der Waals surface area contributed by atoms with Gasteiger partial charge in [-0.1, -0.05) is 35.9 Å². The molecule has 2 aromatic carbocycles. The van der Waals surface area contributed by atoms with Crippen molar-refractivity contribution in [3.8, 4) is 0 Å². The highest BCUT2D eigenvalue weighted by atomic mass is 16.5. The summed E-state index contributed by atoms with van der Waals surface area (Å²) in [5.74, 6) is -0.483. The van der Waals surface area contributed by atoms with Crippen molar-refractivity contribution < 1.29 is 14.3 Å². The largest absolute Gasteiger partial charge is 0.466 e. The number of allylic oxidation sites excluding steroid dienone is 1. The van der Waals surface area contributed by atoms with Gasteiger partial charge in [-0.2, -0.15) is 0 Å². The number of urea groups is 1. The maximum Gasteiger partial charge on any atom is 0.338 e. The number of methoxy groups -OCH3 is 1. The SMILES string of the molecule is COC(=O)C1=C(Cn2cnc3ccccc32)NC(=O)N[C@@H]1c1cc(C)ccc1C. The maximum absolute atomic E-state index is 12.8. The van der Waals surface area contributed by atoms with Crippen molar-refractivity contribution >= 4 is 23.0 Å². The molecule has 29 heavy (non-hydrogen) atoms. The Morgan fingerprint density at radius 2 is 2.00 bits per heavy atom. The lowest BCUT2D eigenvalue weighted by Gasteiger charge is -2.30. The third-order valence-electron chi connectivity index (χ3n) is 5.16. The minimum atomic E-state index is -0.596. The summed E-state index contributed by atoms with van der Waals surface area (Å²) in [5, 5.41) is 5.68. The number of amides is 2. The van der Waals surface area contributed by atoms with E-state index in [1.807, 2.05) is 60.9 Å². The molecule has 148 valence electrons. The highest BCUT2D eigenvalue weighted by Gasteiger charge is 2.34. The van der Waals surface area contributed by atoms with E-state index in [1.54, 1.807) is 6.33 Å². The van der Waals surface area contributed by atoms with Crippen LogP contribution in [0.5, 0.6) is 0 Å². The summed E-state index contributed by atoms with van der Waals surface area (Å²) in [5.41, 5.74) is 5.54. The molecule has 0 saturated heterocycles. The van der Waals surface area contributed by atoms with Crippen LogP contribution in [0.25, 0.3) is 11.0 Å². The number of carbonyl (C=O) groups is 2. The van der Waals surface area contributed by atoms with Gasteiger partial charge in [0, 0.05) is 0 Å². The van der Waals surface area contributed by atoms with E-state index in [4.69, 9.17) is 4.74 Å². The molecule has 0 aliphatic carbocycles. The maximum atomic E-state index is 12.8. The summed E-state index contributed by atoms with van der Waals surface area (Å²) in [4.78, 5) is 29.6. The van der Waals surface area contributed by atoms with E-state index < -0.39 is 12.0 Å². The number of nitrogens with one attached hydrogen (secondary N) is 2. The van der Waals surface area contributed by atoms with Crippen LogP contribution in [-0.2, 0) is 16.1 Å². The van der Waals surface area contributed by atoms with Crippen molar-refractivity contribution in [3.05, 3.63) is 76.8 Å². The van der Waals surface area contributed by atoms with Gasteiger partial charge in [0.15, 0.2) is 0 Å². The first kappa shape index (κ1) is 18.7. The Labute approximate surface area is 168 Å². The van der Waals surface area contributed by atoms with Gasteiger partial charge < -0.3 is 19.9 Å². The van der Waals surface area contributed by atoms with Crippen LogP contribution in [0.15, 0.2) is 60.1 Å². The van der Waals surface area contributed by atoms with Crippen LogP contribution in [0.3, 0.4) is 0 Å². The highest BCUT2D eigenvalue weighted by molar-refractivity contribution is 5.95. The lowest BCUT2D eigenvalue weighted by Crippen LogP contribution is -2.47. The van der Waals surface area contributed by atoms with Gasteiger partial charge in [-0.3, -0.25) is 0 Å². The number of esters is 1. The lowest BCUT2D eigenvalue weighted by molar-refractivity contribution is -0.136. The number of carbonyl (C=O) groups excluding carboxylic acids is 2. The van der Waals surface area contributed by atoms with Crippen LogP contribution < -0.4 is 10.6 Å². The van der Waals surface area contributed by atoms with E-state index in [-0.39, 0.29) is 6.03 Å². The highest BCUT2D eigenvalue weighted by Crippen LogP contribution is 2.31. The molecule has 2 N–H and O–H groups in total. The zero-order chi connectivity index (χ0) is 20.5. The van der Waals surface area contributed by atoms with Crippen molar-refractivity contribution in [1.29, 1.82) is 0 Å². The van der Waals surface area contributed by atoms with E-state index >= 15 is 0 Å². The Bertz CT molecular complexity index is 1150. The molecule has 4 rings (SSSR count). The van der Waals surface area contributed by atoms with Gasteiger partial charge in [0.05, 0.1) is 48.3 Å². The van der Waals surface area contributed by atoms with Crippen LogP contribution in [0.2, 0.25) is 0 Å². The third-order valence-corrected chi connectivity index (χ3v) is 5.16. The zero-order valence-electron chi connectivity index (χ0n) is 16.5. The van der Waals surface area contributed by atoms with Crippen LogP contribution >= 0.6 is 0 Å². The fourth-order valence-electron chi connectivity index (χ4n) is 3.70. The van der Waals surface area contributed by atoms with Gasteiger partial charge >= 0.3 is 12.0 Å². The van der Waals surface area contributed by atoms with Crippen LogP contribution in [-0.4, -0.2) is 28.7 Å². The smallest absolute Gasteiger partial charge is 0.338 e. The molecule has 3 aromatic rings. The zero-order valence-corrected chi connectivity index (χ0v) is 16.5. The van der Waals surface area contributed by atoms with E-state index in [9.17, 15) is 9.59 Å². The molecule has 1 aromatic heterocycles. The third kappa shape index (κ3) is 3.47. The van der Waals surface area contributed by atoms with Gasteiger partial charge in [0.25, 0.3) is 0 Å². The number of aryl methyl sites for hydroxylation is 2. The van der Waals surface area contributed by atoms with Crippen molar-refractivity contribution in [2.24, 2.45) is 0 Å². The molecular formula is C22H22N4O3. The monoisotopic (exact) mass is 390 g/mol. The van der Waals surface area contributed by atoms with Gasteiger partial charge in [-0.05, 0) is 37.1 Å². The minimum absolute atomic E-state index is 0.291. The Morgan fingerprint density at radius 1 is 1.21 bits per heavy atom. The summed E-state index contributed by atoms with van der Waals surface area (Å²) in [6, 6.07) is 12.7. The predicted molar refractivity (Wildman–Crippen MR) is 109 cm³/mol. The van der Waals surface area contributed by atoms with Gasteiger partial charge in [-0.15, -0.1) is 0 Å². The first-order valence-electron chi connectivity index (χ1n) is 9.34. The molecule has 1 aliphatic heterocycles. The van der Waals surface area contributed by atoms with Crippen molar-refractivity contribution in [1.82, 2.24) is 20.2 Å². The molecule has 0 unspecified atom stereocenters. The second-order valence-corrected chi connectivity index (χ2v) is 7.14. The van der Waals surface area contributed by atoms with Crippen molar-refractivity contribution in [2.75, 3.05) is 7.11 Å². The van der Waals surface area contributed by atoms with Gasteiger partial charge in [-0.25, -0.2) is 14.6 Å². The molecule has 0 saturated carbocycles. The fourth-order valence-corrected chi connectivity index (χ4v) is 3.70. The minimum Gasteiger partial charge on any atom is -0.466 e. The van der Waals surface area contributed by atoms with Crippen LogP contribution in [0.4, 0.5) is 4.79 Å². The van der Waals surface area contributed by atoms with Gasteiger partial charge in [0.1, 0.15) is 0 Å². The second kappa shape index (κ2) is 7.43. The molecule has 1 atom stereocenters. The van der Waals surface area contributed by atoms with Gasteiger partial charge in [0.2, 0.25) is 0 Å². The molecule has 1 aliphatic rings. The quantitative estimate of drug-likeness (QED) is 0.670. The lowest BCUT2D eigenvalue weighted by atomic mass is 9.91. The number of imidazole rings is 1. The average Bonchev–Trinajstić information content (AvgIpc) is 3.12. The molecule has 2 heterocycles. The van der Waals surface area contributed by atoms with E-state index in [1.165, 1.54) is 7.11 Å². The molecule has 7 nitrogen and oxygen atoms in total. The Balaban J connectivity index is 1.85. The number of benzene rings is 2. The number of aromatic nitrogens is 2. The second-order valence-electron chi connectivity index (χ2n) is 7.14. The van der Waals surface area contributed by atoms with E-state index in [2.05, 4.69) is 15.6 Å². The number of hydrogen-bond donors (Lipinski definition) is 2. The molecule has 2 amide bonds. The molecule has 0 radical (unpaired) electrons. The van der Waals surface area contributed by atoms with Crippen LogP contribution in [0, 0.1) is 13.8 Å². The normalized spacial score (nSPS) is 16.5. The Hall–Kier alpha value is -3.61. The summed E-state index contributed by atoms with van der Waals surface area (Å²) in [7, 11) is 1.34. The summed E-state index contributed by atoms with van der Waals surface area (Å²) >= 11 is 0. The first-order valence-corrected chi connectivity index (χ1v) is 9.34. The first-order chi connectivity index (χ1) is 14.0. The summed E-state index contributed by atoms with van der Waals surface area (Å²) < 4.78 is 6.97. The van der Waals surface area contributed by atoms with Crippen LogP contribution in [0.1, 0.15) is 22.7 Å². The number of hydrogen-bond acceptors (Lipinski definition) is 4. The average molecular weight is 390 g/mol. The number of rotatable bonds is 4. The number of fused-ring (bicyclic) bond motifs is 1. The van der Waals surface area contributed by atoms with E-state index in [0.29, 0.717) is 17.8 Å². The predicted octanol–water partition coefficient (Wildman–Crippen LogP) is 3.13. The van der Waals surface area contributed by atoms with E-state index in [0.717, 1.165) is 27.7 Å². The topological polar surface area (TPSA) is 85.2 Å². The molecular weight excluding hydrogens is 368 g/mol. The molecule has 7 heteroatoms. The Morgan fingerprint density at radius 3 is 2.79 bits per heavy atom. The van der Waals surface area contributed by atoms with Crippen molar-refractivity contribution in [3.63, 3.8) is 0 Å². The summed E-state index contributed by atoms with van der Waals surface area (Å²) in [6.07, 6.45) is 1.70. The fraction of sp³-hybridized carbons (Fsp3) is 0.227. The molecule has 0 fully saturated rings. The standard InChI is InChI=1S/C22H22N4O3/c1-13-8-9-14(2)15(10-13)20-19(21(27)29-3)17(24-22(28)25-20)11-26-12-23-16-6-4-5-7-18(16)26/h4-10,12,20H,11H2,1-3H3,(H2,24,25,28)/t20-/m1/s1.